The number of benzene rings is 2. The smallest absolute Gasteiger partial charge is 0.407 e. The second kappa shape index (κ2) is 14.6. The van der Waals surface area contributed by atoms with Crippen molar-refractivity contribution in [1.82, 2.24) is 30.5 Å². The number of hydrogen-bond acceptors (Lipinski definition) is 6. The van der Waals surface area contributed by atoms with Gasteiger partial charge in [-0.25, -0.2) is 23.4 Å². The zero-order valence-electron chi connectivity index (χ0n) is 24.0. The Bertz CT molecular complexity index is 1300. The van der Waals surface area contributed by atoms with Crippen LogP contribution in [0.4, 0.5) is 18.4 Å². The van der Waals surface area contributed by atoms with Crippen LogP contribution in [0.5, 0.6) is 0 Å². The molecule has 0 aromatic heterocycles. The topological polar surface area (TPSA) is 115 Å². The van der Waals surface area contributed by atoms with Crippen LogP contribution in [0.25, 0.3) is 0 Å². The number of ether oxygens (including phenoxy) is 1. The van der Waals surface area contributed by atoms with E-state index >= 15 is 0 Å². The number of carbonyl (C=O) groups is 4. The zero-order valence-corrected chi connectivity index (χ0v) is 24.0. The molecule has 0 saturated carbocycles. The predicted molar refractivity (Wildman–Crippen MR) is 153 cm³/mol. The monoisotopic (exact) mass is 598 g/mol. The lowest BCUT2D eigenvalue weighted by atomic mass is 9.98. The Kier molecular flexibility index (Phi) is 10.7. The molecule has 4 rings (SSSR count). The van der Waals surface area contributed by atoms with Crippen molar-refractivity contribution in [2.24, 2.45) is 0 Å². The number of carbonyl (C=O) groups excluding carboxylic acids is 4. The molecular weight excluding hydrogens is 562 g/mol. The van der Waals surface area contributed by atoms with Crippen LogP contribution < -0.4 is 10.6 Å². The molecule has 0 bridgehead atoms. The molecule has 43 heavy (non-hydrogen) atoms. The molecule has 0 spiro atoms. The molecule has 2 aliphatic rings. The van der Waals surface area contributed by atoms with E-state index < -0.39 is 55.4 Å². The van der Waals surface area contributed by atoms with Gasteiger partial charge in [0.2, 0.25) is 11.8 Å². The number of fused-ring (bicyclic) bond motifs is 1. The summed E-state index contributed by atoms with van der Waals surface area (Å²) in [6, 6.07) is 12.7. The summed E-state index contributed by atoms with van der Waals surface area (Å²) in [5.74, 6) is -1.30. The minimum absolute atomic E-state index is 0.0420. The molecule has 2 heterocycles. The number of hydrogen-bond donors (Lipinski definition) is 2. The van der Waals surface area contributed by atoms with E-state index in [9.17, 15) is 28.0 Å². The van der Waals surface area contributed by atoms with E-state index in [1.165, 1.54) is 33.0 Å². The number of alkyl halides is 1. The van der Waals surface area contributed by atoms with Crippen molar-refractivity contribution < 1.29 is 32.7 Å². The summed E-state index contributed by atoms with van der Waals surface area (Å²) in [6.07, 6.45) is 0.242. The molecule has 1 unspecified atom stereocenters. The van der Waals surface area contributed by atoms with E-state index in [0.29, 0.717) is 12.0 Å². The van der Waals surface area contributed by atoms with Crippen molar-refractivity contribution in [2.45, 2.75) is 44.6 Å². The Morgan fingerprint density at radius 1 is 1.12 bits per heavy atom. The highest BCUT2D eigenvalue weighted by Gasteiger charge is 2.52. The van der Waals surface area contributed by atoms with E-state index in [1.807, 2.05) is 30.3 Å². The van der Waals surface area contributed by atoms with Crippen LogP contribution in [0, 0.1) is 5.82 Å². The van der Waals surface area contributed by atoms with Gasteiger partial charge >= 0.3 is 12.1 Å². The van der Waals surface area contributed by atoms with Crippen LogP contribution in [0.1, 0.15) is 36.9 Å². The first kappa shape index (κ1) is 31.4. The standard InChI is InChI=1S/C30H36F2N6O5/c1-3-16-43-30(42)33-15-7-10-25-28(40)36(21(2)23-11-13-24(32)14-12-23)18-26-37(25)27(39)19-35(20-31)38(26)29(41)34-17-22-8-5-4-6-9-22/h3-6,8-9,11-14,21,25-26H,1,7,10,15-20H2,2H3,(H,33,42)(H,34,41)/t21?,25-,26-/m0/s1. The first-order chi connectivity index (χ1) is 20.7. The van der Waals surface area contributed by atoms with Crippen molar-refractivity contribution in [2.75, 3.05) is 33.0 Å². The van der Waals surface area contributed by atoms with Crippen LogP contribution >= 0.6 is 0 Å². The molecule has 11 nitrogen and oxygen atoms in total. The number of rotatable bonds is 11. The minimum atomic E-state index is -1.10. The van der Waals surface area contributed by atoms with E-state index in [0.717, 1.165) is 10.6 Å². The first-order valence-corrected chi connectivity index (χ1v) is 14.1. The number of nitrogens with one attached hydrogen (secondary N) is 2. The molecule has 0 aliphatic carbocycles. The van der Waals surface area contributed by atoms with Crippen LogP contribution in [-0.2, 0) is 20.9 Å². The van der Waals surface area contributed by atoms with Crippen LogP contribution in [0.3, 0.4) is 0 Å². The largest absolute Gasteiger partial charge is 0.445 e. The predicted octanol–water partition coefficient (Wildman–Crippen LogP) is 3.31. The number of halogens is 2. The van der Waals surface area contributed by atoms with Crippen molar-refractivity contribution >= 4 is 23.9 Å². The second-order valence-corrected chi connectivity index (χ2v) is 10.2. The molecular formula is C30H36F2N6O5. The quantitative estimate of drug-likeness (QED) is 0.233. The summed E-state index contributed by atoms with van der Waals surface area (Å²) < 4.78 is 32.8. The molecule has 2 aromatic rings. The van der Waals surface area contributed by atoms with Gasteiger partial charge in [-0.15, -0.1) is 0 Å². The average Bonchev–Trinajstić information content (AvgIpc) is 3.01. The molecule has 230 valence electrons. The lowest BCUT2D eigenvalue weighted by molar-refractivity contribution is -0.197. The molecule has 2 aliphatic heterocycles. The summed E-state index contributed by atoms with van der Waals surface area (Å²) in [5.41, 5.74) is 1.48. The average molecular weight is 599 g/mol. The van der Waals surface area contributed by atoms with Crippen molar-refractivity contribution in [3.63, 3.8) is 0 Å². The van der Waals surface area contributed by atoms with Gasteiger partial charge in [0.15, 0.2) is 6.80 Å². The first-order valence-electron chi connectivity index (χ1n) is 14.1. The lowest BCUT2D eigenvalue weighted by Gasteiger charge is -2.55. The Labute approximate surface area is 249 Å². The summed E-state index contributed by atoms with van der Waals surface area (Å²) in [4.78, 5) is 55.6. The molecule has 0 radical (unpaired) electrons. The Balaban J connectivity index is 1.60. The van der Waals surface area contributed by atoms with Crippen LogP contribution in [0.15, 0.2) is 67.3 Å². The molecule has 5 amide bonds. The summed E-state index contributed by atoms with van der Waals surface area (Å²) in [6.45, 7) is 4.00. The van der Waals surface area contributed by atoms with Gasteiger partial charge in [-0.05, 0) is 43.0 Å². The number of amides is 5. The van der Waals surface area contributed by atoms with E-state index in [4.69, 9.17) is 4.74 Å². The zero-order chi connectivity index (χ0) is 30.9. The van der Waals surface area contributed by atoms with E-state index in [-0.39, 0.29) is 38.6 Å². The highest BCUT2D eigenvalue weighted by atomic mass is 19.1. The van der Waals surface area contributed by atoms with Gasteiger partial charge in [0.25, 0.3) is 0 Å². The molecule has 2 fully saturated rings. The van der Waals surface area contributed by atoms with Gasteiger partial charge in [-0.3, -0.25) is 9.59 Å². The SMILES string of the molecule is C=CCOC(=O)NCCC[C@H]1C(=O)N(C(C)c2ccc(F)cc2)C[C@H]2N1C(=O)CN(CF)N2C(=O)NCc1ccccc1. The Hall–Kier alpha value is -4.52. The fourth-order valence-corrected chi connectivity index (χ4v) is 5.33. The van der Waals surface area contributed by atoms with Gasteiger partial charge in [0, 0.05) is 13.1 Å². The minimum Gasteiger partial charge on any atom is -0.445 e. The Morgan fingerprint density at radius 3 is 2.51 bits per heavy atom. The summed E-state index contributed by atoms with van der Waals surface area (Å²) >= 11 is 0. The second-order valence-electron chi connectivity index (χ2n) is 10.2. The fourth-order valence-electron chi connectivity index (χ4n) is 5.33. The number of hydrazine groups is 1. The maximum absolute atomic E-state index is 14.3. The third kappa shape index (κ3) is 7.47. The third-order valence-corrected chi connectivity index (χ3v) is 7.49. The van der Waals surface area contributed by atoms with Gasteiger partial charge in [-0.1, -0.05) is 55.1 Å². The maximum atomic E-state index is 14.3. The van der Waals surface area contributed by atoms with E-state index in [2.05, 4.69) is 17.2 Å². The molecule has 13 heteroatoms. The number of piperazine rings is 1. The van der Waals surface area contributed by atoms with Crippen molar-refractivity contribution in [1.29, 1.82) is 0 Å². The number of nitrogens with zero attached hydrogens (tertiary/aromatic N) is 4. The van der Waals surface area contributed by atoms with Crippen LogP contribution in [-0.4, -0.2) is 89.0 Å². The number of urea groups is 1. The van der Waals surface area contributed by atoms with E-state index in [1.54, 1.807) is 19.1 Å². The number of alkyl carbamates (subject to hydrolysis) is 1. The summed E-state index contributed by atoms with van der Waals surface area (Å²) in [5, 5.41) is 7.58. The van der Waals surface area contributed by atoms with Crippen molar-refractivity contribution in [3.8, 4) is 0 Å². The lowest BCUT2D eigenvalue weighted by Crippen LogP contribution is -2.76. The van der Waals surface area contributed by atoms with Crippen molar-refractivity contribution in [3.05, 3.63) is 84.2 Å². The van der Waals surface area contributed by atoms with Crippen LogP contribution in [0.2, 0.25) is 0 Å². The fraction of sp³-hybridized carbons (Fsp3) is 0.400. The molecule has 2 aromatic carbocycles. The maximum Gasteiger partial charge on any atom is 0.407 e. The highest BCUT2D eigenvalue weighted by Crippen LogP contribution is 2.33. The summed E-state index contributed by atoms with van der Waals surface area (Å²) in [7, 11) is 0. The normalized spacial score (nSPS) is 19.5. The Morgan fingerprint density at radius 2 is 1.84 bits per heavy atom. The van der Waals surface area contributed by atoms with Gasteiger partial charge in [-0.2, -0.15) is 5.01 Å². The van der Waals surface area contributed by atoms with Gasteiger partial charge in [0.05, 0.1) is 12.6 Å². The third-order valence-electron chi connectivity index (χ3n) is 7.49. The molecule has 2 saturated heterocycles. The highest BCUT2D eigenvalue weighted by molar-refractivity contribution is 5.91. The molecule has 3 atom stereocenters. The molecule has 2 N–H and O–H groups in total. The van der Waals surface area contributed by atoms with Gasteiger partial charge < -0.3 is 25.2 Å². The van der Waals surface area contributed by atoms with Gasteiger partial charge in [0.1, 0.15) is 31.2 Å².